The van der Waals surface area contributed by atoms with Crippen molar-refractivity contribution in [2.24, 2.45) is 0 Å². The molecule has 0 spiro atoms. The van der Waals surface area contributed by atoms with E-state index in [1.54, 1.807) is 11.4 Å². The van der Waals surface area contributed by atoms with E-state index < -0.39 is 22.5 Å². The second-order valence-corrected chi connectivity index (χ2v) is 5.62. The van der Waals surface area contributed by atoms with E-state index >= 15 is 0 Å². The number of aromatic carboxylic acids is 1. The Kier molecular flexibility index (Phi) is 4.34. The molecule has 2 rings (SSSR count). The fraction of sp³-hybridized carbons (Fsp3) is 0. The fourth-order valence-electron chi connectivity index (χ4n) is 1.56. The van der Waals surface area contributed by atoms with Gasteiger partial charge in [-0.25, -0.2) is 4.79 Å². The van der Waals surface area contributed by atoms with Gasteiger partial charge >= 0.3 is 5.97 Å². The lowest BCUT2D eigenvalue weighted by molar-refractivity contribution is -0.383. The molecule has 2 N–H and O–H groups in total. The van der Waals surface area contributed by atoms with E-state index in [1.165, 1.54) is 23.5 Å². The predicted molar refractivity (Wildman–Crippen MR) is 80.0 cm³/mol. The number of carboxylic acid groups (broad SMARTS) is 1. The van der Waals surface area contributed by atoms with Crippen molar-refractivity contribution in [2.45, 2.75) is 0 Å². The van der Waals surface area contributed by atoms with Crippen LogP contribution < -0.4 is 5.32 Å². The summed E-state index contributed by atoms with van der Waals surface area (Å²) in [4.78, 5) is 33.5. The Bertz CT molecular complexity index is 743. The molecule has 0 aliphatic heterocycles. The number of thiophene rings is 1. The van der Waals surface area contributed by atoms with Crippen molar-refractivity contribution >= 4 is 50.5 Å². The number of rotatable bonds is 4. The standard InChI is InChI=1S/C12H7BrN2O5S/c13-7-3-4-21-10(7)11(16)14-8-2-1-6(12(17)18)5-9(8)15(19)20/h1-5H,(H,14,16)(H,17,18). The second kappa shape index (κ2) is 6.02. The van der Waals surface area contributed by atoms with Crippen molar-refractivity contribution in [1.29, 1.82) is 0 Å². The van der Waals surface area contributed by atoms with Crippen LogP contribution in [0.5, 0.6) is 0 Å². The first-order chi connectivity index (χ1) is 9.90. The van der Waals surface area contributed by atoms with Gasteiger partial charge in [0.2, 0.25) is 0 Å². The maximum Gasteiger partial charge on any atom is 0.335 e. The Morgan fingerprint density at radius 1 is 1.33 bits per heavy atom. The normalized spacial score (nSPS) is 10.1. The van der Waals surface area contributed by atoms with Crippen molar-refractivity contribution in [3.05, 3.63) is 54.7 Å². The first-order valence-electron chi connectivity index (χ1n) is 5.46. The largest absolute Gasteiger partial charge is 0.478 e. The van der Waals surface area contributed by atoms with Gasteiger partial charge in [-0.1, -0.05) is 0 Å². The molecule has 0 saturated heterocycles. The fourth-order valence-corrected chi connectivity index (χ4v) is 3.00. The summed E-state index contributed by atoms with van der Waals surface area (Å²) in [6.45, 7) is 0. The van der Waals surface area contributed by atoms with Crippen molar-refractivity contribution in [2.75, 3.05) is 5.32 Å². The summed E-state index contributed by atoms with van der Waals surface area (Å²) in [6.07, 6.45) is 0. The zero-order valence-electron chi connectivity index (χ0n) is 10.2. The summed E-state index contributed by atoms with van der Waals surface area (Å²) in [5, 5.41) is 23.9. The van der Waals surface area contributed by atoms with Crippen molar-refractivity contribution in [3.8, 4) is 0 Å². The molecule has 0 unspecified atom stereocenters. The number of benzene rings is 1. The molecule has 21 heavy (non-hydrogen) atoms. The molecule has 0 saturated carbocycles. The number of nitro groups is 1. The third-order valence-electron chi connectivity index (χ3n) is 2.51. The molecule has 2 aromatic rings. The van der Waals surface area contributed by atoms with Crippen LogP contribution in [-0.2, 0) is 0 Å². The van der Waals surface area contributed by atoms with Gasteiger partial charge < -0.3 is 10.4 Å². The number of amides is 1. The summed E-state index contributed by atoms with van der Waals surface area (Å²) in [7, 11) is 0. The minimum atomic E-state index is -1.28. The monoisotopic (exact) mass is 370 g/mol. The Labute approximate surface area is 130 Å². The summed E-state index contributed by atoms with van der Waals surface area (Å²) >= 11 is 4.37. The van der Waals surface area contributed by atoms with E-state index in [4.69, 9.17) is 5.11 Å². The molecule has 108 valence electrons. The average Bonchev–Trinajstić information content (AvgIpc) is 2.85. The molecule has 1 amide bonds. The van der Waals surface area contributed by atoms with Crippen LogP contribution in [0, 0.1) is 10.1 Å². The molecule has 9 heteroatoms. The zero-order valence-corrected chi connectivity index (χ0v) is 12.6. The Hall–Kier alpha value is -2.26. The van der Waals surface area contributed by atoms with E-state index in [1.807, 2.05) is 0 Å². The quantitative estimate of drug-likeness (QED) is 0.633. The number of carboxylic acids is 1. The highest BCUT2D eigenvalue weighted by Crippen LogP contribution is 2.28. The van der Waals surface area contributed by atoms with E-state index in [0.29, 0.717) is 9.35 Å². The highest BCUT2D eigenvalue weighted by molar-refractivity contribution is 9.10. The lowest BCUT2D eigenvalue weighted by atomic mass is 10.1. The SMILES string of the molecule is O=C(O)c1ccc(NC(=O)c2sccc2Br)c([N+](=O)[O-])c1. The molecule has 0 radical (unpaired) electrons. The highest BCUT2D eigenvalue weighted by Gasteiger charge is 2.20. The number of carbonyl (C=O) groups is 2. The van der Waals surface area contributed by atoms with Crippen LogP contribution in [0.1, 0.15) is 20.0 Å². The number of nitro benzene ring substituents is 1. The van der Waals surface area contributed by atoms with Crippen LogP contribution in [0.25, 0.3) is 0 Å². The van der Waals surface area contributed by atoms with Gasteiger partial charge in [0.25, 0.3) is 11.6 Å². The summed E-state index contributed by atoms with van der Waals surface area (Å²) in [5.41, 5.74) is -0.761. The zero-order chi connectivity index (χ0) is 15.6. The van der Waals surface area contributed by atoms with Crippen molar-refractivity contribution in [1.82, 2.24) is 0 Å². The maximum atomic E-state index is 12.0. The molecule has 1 aromatic carbocycles. The minimum Gasteiger partial charge on any atom is -0.478 e. The average molecular weight is 371 g/mol. The number of halogens is 1. The highest BCUT2D eigenvalue weighted by atomic mass is 79.9. The summed E-state index contributed by atoms with van der Waals surface area (Å²) in [6, 6.07) is 4.97. The molecule has 7 nitrogen and oxygen atoms in total. The topological polar surface area (TPSA) is 110 Å². The van der Waals surface area contributed by atoms with Gasteiger partial charge in [-0.15, -0.1) is 11.3 Å². The number of hydrogen-bond acceptors (Lipinski definition) is 5. The van der Waals surface area contributed by atoms with Crippen LogP contribution in [0.15, 0.2) is 34.1 Å². The van der Waals surface area contributed by atoms with Gasteiger partial charge in [-0.05, 0) is 39.5 Å². The van der Waals surface area contributed by atoms with Crippen LogP contribution in [0.2, 0.25) is 0 Å². The Morgan fingerprint density at radius 3 is 2.57 bits per heavy atom. The third kappa shape index (κ3) is 3.26. The number of anilines is 1. The third-order valence-corrected chi connectivity index (χ3v) is 4.35. The minimum absolute atomic E-state index is 0.0599. The number of hydrogen-bond donors (Lipinski definition) is 2. The van der Waals surface area contributed by atoms with Gasteiger partial charge in [0.15, 0.2) is 0 Å². The van der Waals surface area contributed by atoms with Crippen LogP contribution in [0.4, 0.5) is 11.4 Å². The lowest BCUT2D eigenvalue weighted by Crippen LogP contribution is -2.12. The van der Waals surface area contributed by atoms with E-state index in [-0.39, 0.29) is 11.3 Å². The number of nitrogens with one attached hydrogen (secondary N) is 1. The molecule has 0 aliphatic rings. The molecular weight excluding hydrogens is 364 g/mol. The molecule has 1 heterocycles. The first-order valence-corrected chi connectivity index (χ1v) is 7.13. The van der Waals surface area contributed by atoms with Gasteiger partial charge in [0, 0.05) is 10.5 Å². The molecule has 0 fully saturated rings. The second-order valence-electron chi connectivity index (χ2n) is 3.85. The summed E-state index contributed by atoms with van der Waals surface area (Å²) in [5.74, 6) is -1.79. The molecule has 0 bridgehead atoms. The van der Waals surface area contributed by atoms with Gasteiger partial charge in [0.1, 0.15) is 10.6 Å². The Morgan fingerprint density at radius 2 is 2.05 bits per heavy atom. The smallest absolute Gasteiger partial charge is 0.335 e. The van der Waals surface area contributed by atoms with Gasteiger partial charge in [0.05, 0.1) is 10.5 Å². The van der Waals surface area contributed by atoms with Crippen molar-refractivity contribution < 1.29 is 19.6 Å². The lowest BCUT2D eigenvalue weighted by Gasteiger charge is -2.06. The predicted octanol–water partition coefficient (Wildman–Crippen LogP) is 3.37. The van der Waals surface area contributed by atoms with E-state index in [2.05, 4.69) is 21.2 Å². The van der Waals surface area contributed by atoms with Crippen LogP contribution in [-0.4, -0.2) is 21.9 Å². The maximum absolute atomic E-state index is 12.0. The van der Waals surface area contributed by atoms with E-state index in [9.17, 15) is 19.7 Å². The number of carbonyl (C=O) groups excluding carboxylic acids is 1. The number of nitrogens with zero attached hydrogens (tertiary/aromatic N) is 1. The van der Waals surface area contributed by atoms with E-state index in [0.717, 1.165) is 6.07 Å². The Balaban J connectivity index is 2.36. The van der Waals surface area contributed by atoms with Gasteiger partial charge in [-0.2, -0.15) is 0 Å². The summed E-state index contributed by atoms with van der Waals surface area (Å²) < 4.78 is 0.579. The van der Waals surface area contributed by atoms with Crippen LogP contribution >= 0.6 is 27.3 Å². The molecular formula is C12H7BrN2O5S. The molecule has 0 atom stereocenters. The van der Waals surface area contributed by atoms with Crippen LogP contribution in [0.3, 0.4) is 0 Å². The molecule has 1 aromatic heterocycles. The van der Waals surface area contributed by atoms with Crippen molar-refractivity contribution in [3.63, 3.8) is 0 Å². The first kappa shape index (κ1) is 15.1. The molecule has 0 aliphatic carbocycles. The van der Waals surface area contributed by atoms with Gasteiger partial charge in [-0.3, -0.25) is 14.9 Å².